The summed E-state index contributed by atoms with van der Waals surface area (Å²) in [4.78, 5) is 11.3. The molecule has 1 aromatic carbocycles. The maximum atomic E-state index is 11.3. The number of esters is 1. The molecule has 0 saturated carbocycles. The molecule has 2 atom stereocenters. The van der Waals surface area contributed by atoms with Crippen LogP contribution in [0.1, 0.15) is 17.9 Å². The van der Waals surface area contributed by atoms with Crippen molar-refractivity contribution in [2.45, 2.75) is 18.4 Å². The fraction of sp³-hybridized carbons (Fsp3) is 0.250. The molecule has 2 unspecified atom stereocenters. The van der Waals surface area contributed by atoms with E-state index >= 15 is 0 Å². The van der Waals surface area contributed by atoms with Crippen LogP contribution in [0.4, 0.5) is 0 Å². The maximum Gasteiger partial charge on any atom is 0.307 e. The molecule has 0 N–H and O–H groups in total. The highest BCUT2D eigenvalue weighted by Crippen LogP contribution is 2.34. The van der Waals surface area contributed by atoms with Gasteiger partial charge in [0.25, 0.3) is 0 Å². The third-order valence-corrected chi connectivity index (χ3v) is 2.82. The predicted molar refractivity (Wildman–Crippen MR) is 63.5 cm³/mol. The lowest BCUT2D eigenvalue weighted by atomic mass is 9.92. The zero-order valence-corrected chi connectivity index (χ0v) is 9.91. The largest absolute Gasteiger partial charge is 0.457 e. The summed E-state index contributed by atoms with van der Waals surface area (Å²) in [6, 6.07) is 9.73. The molecule has 0 aromatic heterocycles. The van der Waals surface area contributed by atoms with Gasteiger partial charge in [-0.25, -0.2) is 0 Å². The van der Waals surface area contributed by atoms with Gasteiger partial charge in [-0.15, -0.1) is 0 Å². The van der Waals surface area contributed by atoms with E-state index in [2.05, 4.69) is 0 Å². The van der Waals surface area contributed by atoms with Crippen molar-refractivity contribution in [3.8, 4) is 0 Å². The minimum atomic E-state index is -0.361. The second-order valence-corrected chi connectivity index (χ2v) is 4.64. The normalized spacial score (nSPS) is 24.0. The molecular weight excluding hydrogens is 247 g/mol. The van der Waals surface area contributed by atoms with Crippen LogP contribution in [0.15, 0.2) is 40.9 Å². The Kier molecular flexibility index (Phi) is 3.52. The molecule has 0 amide bonds. The second-order valence-electron chi connectivity index (χ2n) is 3.63. The summed E-state index contributed by atoms with van der Waals surface area (Å²) in [6.45, 7) is 0. The molecule has 2 nitrogen and oxygen atoms in total. The number of carbonyl (C=O) groups is 1. The van der Waals surface area contributed by atoms with Gasteiger partial charge in [-0.3, -0.25) is 4.79 Å². The Morgan fingerprint density at radius 2 is 2.00 bits per heavy atom. The minimum absolute atomic E-state index is 0.00111. The van der Waals surface area contributed by atoms with Gasteiger partial charge in [-0.2, -0.15) is 0 Å². The molecule has 1 fully saturated rings. The van der Waals surface area contributed by atoms with Crippen LogP contribution in [0.3, 0.4) is 0 Å². The number of hydrogen-bond donors (Lipinski definition) is 0. The fourth-order valence-electron chi connectivity index (χ4n) is 1.86. The molecule has 0 bridgehead atoms. The molecule has 1 heterocycles. The predicted octanol–water partition coefficient (Wildman–Crippen LogP) is 3.40. The quantitative estimate of drug-likeness (QED) is 0.759. The molecule has 0 aliphatic carbocycles. The lowest BCUT2D eigenvalue weighted by Gasteiger charge is -2.13. The smallest absolute Gasteiger partial charge is 0.307 e. The summed E-state index contributed by atoms with van der Waals surface area (Å²) < 4.78 is 5.28. The molecule has 2 rings (SSSR count). The van der Waals surface area contributed by atoms with E-state index in [0.717, 1.165) is 5.56 Å². The van der Waals surface area contributed by atoms with Crippen LogP contribution in [-0.2, 0) is 9.53 Å². The number of halogens is 2. The van der Waals surface area contributed by atoms with Crippen molar-refractivity contribution < 1.29 is 9.53 Å². The van der Waals surface area contributed by atoms with E-state index in [9.17, 15) is 4.79 Å². The zero-order chi connectivity index (χ0) is 11.5. The monoisotopic (exact) mass is 256 g/mol. The molecule has 16 heavy (non-hydrogen) atoms. The zero-order valence-electron chi connectivity index (χ0n) is 8.40. The van der Waals surface area contributed by atoms with Crippen molar-refractivity contribution in [2.24, 2.45) is 0 Å². The van der Waals surface area contributed by atoms with Crippen LogP contribution in [0.25, 0.3) is 0 Å². The molecule has 0 radical (unpaired) electrons. The molecule has 1 aliphatic heterocycles. The number of rotatable bonds is 2. The highest BCUT2D eigenvalue weighted by atomic mass is 35.5. The van der Waals surface area contributed by atoms with E-state index in [4.69, 9.17) is 27.9 Å². The number of cyclic esters (lactones) is 1. The van der Waals surface area contributed by atoms with E-state index in [1.807, 2.05) is 30.3 Å². The minimum Gasteiger partial charge on any atom is -0.457 e. The highest BCUT2D eigenvalue weighted by molar-refractivity contribution is 6.55. The molecule has 1 saturated heterocycles. The van der Waals surface area contributed by atoms with Crippen LogP contribution in [0.5, 0.6) is 0 Å². The fourth-order valence-corrected chi connectivity index (χ4v) is 2.11. The topological polar surface area (TPSA) is 26.3 Å². The van der Waals surface area contributed by atoms with Crippen LogP contribution in [0, 0.1) is 0 Å². The molecule has 1 aromatic rings. The standard InChI is InChI=1S/C12H10Cl2O2/c13-11(14)7-10-9(6-12(15)16-10)8-4-2-1-3-5-8/h1-5,7,9-10H,6H2. The van der Waals surface area contributed by atoms with Gasteiger partial charge in [0, 0.05) is 5.92 Å². The van der Waals surface area contributed by atoms with Gasteiger partial charge in [0.15, 0.2) is 0 Å². The maximum absolute atomic E-state index is 11.3. The number of hydrogen-bond acceptors (Lipinski definition) is 2. The number of benzene rings is 1. The van der Waals surface area contributed by atoms with Crippen molar-refractivity contribution in [1.29, 1.82) is 0 Å². The van der Waals surface area contributed by atoms with Crippen LogP contribution in [-0.4, -0.2) is 12.1 Å². The van der Waals surface area contributed by atoms with Crippen molar-refractivity contribution in [2.75, 3.05) is 0 Å². The second kappa shape index (κ2) is 4.89. The van der Waals surface area contributed by atoms with Crippen LogP contribution in [0.2, 0.25) is 0 Å². The SMILES string of the molecule is O=C1CC(c2ccccc2)C(C=C(Cl)Cl)O1. The molecule has 84 valence electrons. The summed E-state index contributed by atoms with van der Waals surface area (Å²) in [5, 5.41) is 0. The Bertz CT molecular complexity index is 410. The summed E-state index contributed by atoms with van der Waals surface area (Å²) in [6.07, 6.45) is 1.57. The van der Waals surface area contributed by atoms with Crippen molar-refractivity contribution in [3.05, 3.63) is 46.5 Å². The average Bonchev–Trinajstić information content (AvgIpc) is 2.60. The van der Waals surface area contributed by atoms with E-state index in [0.29, 0.717) is 6.42 Å². The van der Waals surface area contributed by atoms with Gasteiger partial charge < -0.3 is 4.74 Å². The van der Waals surface area contributed by atoms with Gasteiger partial charge in [0.1, 0.15) is 10.6 Å². The number of carbonyl (C=O) groups excluding carboxylic acids is 1. The van der Waals surface area contributed by atoms with Gasteiger partial charge >= 0.3 is 5.97 Å². The lowest BCUT2D eigenvalue weighted by molar-refractivity contribution is -0.140. The Morgan fingerprint density at radius 1 is 1.31 bits per heavy atom. The van der Waals surface area contributed by atoms with E-state index < -0.39 is 0 Å². The average molecular weight is 257 g/mol. The van der Waals surface area contributed by atoms with Gasteiger partial charge in [-0.05, 0) is 11.6 Å². The van der Waals surface area contributed by atoms with Gasteiger partial charge in [0.2, 0.25) is 0 Å². The van der Waals surface area contributed by atoms with Crippen LogP contribution >= 0.6 is 23.2 Å². The first-order valence-electron chi connectivity index (χ1n) is 4.94. The Labute approximate surface area is 104 Å². The Balaban J connectivity index is 2.26. The van der Waals surface area contributed by atoms with Gasteiger partial charge in [0.05, 0.1) is 6.42 Å². The molecule has 4 heteroatoms. The van der Waals surface area contributed by atoms with Gasteiger partial charge in [-0.1, -0.05) is 53.5 Å². The molecular formula is C12H10Cl2O2. The van der Waals surface area contributed by atoms with E-state index in [-0.39, 0.29) is 22.5 Å². The third-order valence-electron chi connectivity index (χ3n) is 2.57. The van der Waals surface area contributed by atoms with Crippen molar-refractivity contribution >= 4 is 29.2 Å². The lowest BCUT2D eigenvalue weighted by Crippen LogP contribution is -2.11. The Hall–Kier alpha value is -0.990. The van der Waals surface area contributed by atoms with Crippen LogP contribution < -0.4 is 0 Å². The number of ether oxygens (including phenoxy) is 1. The van der Waals surface area contributed by atoms with Crippen molar-refractivity contribution in [1.82, 2.24) is 0 Å². The first kappa shape index (κ1) is 11.5. The molecule has 1 aliphatic rings. The highest BCUT2D eigenvalue weighted by Gasteiger charge is 2.34. The molecule has 0 spiro atoms. The first-order valence-corrected chi connectivity index (χ1v) is 5.69. The van der Waals surface area contributed by atoms with E-state index in [1.165, 1.54) is 0 Å². The summed E-state index contributed by atoms with van der Waals surface area (Å²) in [7, 11) is 0. The Morgan fingerprint density at radius 3 is 2.62 bits per heavy atom. The summed E-state index contributed by atoms with van der Waals surface area (Å²) >= 11 is 11.2. The first-order chi connectivity index (χ1) is 7.66. The summed E-state index contributed by atoms with van der Waals surface area (Å²) in [5.41, 5.74) is 1.06. The summed E-state index contributed by atoms with van der Waals surface area (Å²) in [5.74, 6) is -0.217. The van der Waals surface area contributed by atoms with Crippen molar-refractivity contribution in [3.63, 3.8) is 0 Å². The van der Waals surface area contributed by atoms with E-state index in [1.54, 1.807) is 6.08 Å². The third kappa shape index (κ3) is 2.57.